The van der Waals surface area contributed by atoms with Crippen LogP contribution in [-0.4, -0.2) is 11.1 Å². The van der Waals surface area contributed by atoms with Crippen molar-refractivity contribution in [1.82, 2.24) is 0 Å². The van der Waals surface area contributed by atoms with Gasteiger partial charge >= 0.3 is 5.97 Å². The minimum absolute atomic E-state index is 0.318. The summed E-state index contributed by atoms with van der Waals surface area (Å²) in [6.07, 6.45) is 3.73. The van der Waals surface area contributed by atoms with Gasteiger partial charge in [0.1, 0.15) is 0 Å². The van der Waals surface area contributed by atoms with E-state index in [9.17, 15) is 4.79 Å². The van der Waals surface area contributed by atoms with Crippen LogP contribution >= 0.6 is 0 Å². The predicted octanol–water partition coefficient (Wildman–Crippen LogP) is 2.92. The van der Waals surface area contributed by atoms with Gasteiger partial charge in [0.15, 0.2) is 0 Å². The van der Waals surface area contributed by atoms with Gasteiger partial charge in [0.2, 0.25) is 0 Å². The Labute approximate surface area is 75.0 Å². The normalized spacial score (nSPS) is 15.6. The number of carbonyl (C=O) groups is 1. The van der Waals surface area contributed by atoms with Crippen molar-refractivity contribution in [1.29, 1.82) is 0 Å². The molecule has 0 radical (unpaired) electrons. The summed E-state index contributed by atoms with van der Waals surface area (Å²) < 4.78 is 0. The summed E-state index contributed by atoms with van der Waals surface area (Å²) in [5, 5.41) is 8.60. The van der Waals surface area contributed by atoms with Crippen molar-refractivity contribution >= 4 is 5.97 Å². The Hall–Kier alpha value is -0.530. The molecule has 0 saturated heterocycles. The molecule has 2 atom stereocenters. The third-order valence-electron chi connectivity index (χ3n) is 2.49. The van der Waals surface area contributed by atoms with Crippen LogP contribution in [0.25, 0.3) is 0 Å². The quantitative estimate of drug-likeness (QED) is 0.668. The first-order valence-electron chi connectivity index (χ1n) is 4.83. The van der Waals surface area contributed by atoms with Crippen molar-refractivity contribution in [3.05, 3.63) is 0 Å². The topological polar surface area (TPSA) is 37.3 Å². The van der Waals surface area contributed by atoms with Gasteiger partial charge in [0.05, 0.1) is 0 Å². The first kappa shape index (κ1) is 11.5. The summed E-state index contributed by atoms with van der Waals surface area (Å²) in [7, 11) is 0. The second-order valence-electron chi connectivity index (χ2n) is 3.53. The molecular formula is C10H20O2. The summed E-state index contributed by atoms with van der Waals surface area (Å²) in [6.45, 7) is 6.33. The summed E-state index contributed by atoms with van der Waals surface area (Å²) in [4.78, 5) is 10.4. The maximum absolute atomic E-state index is 10.4. The highest BCUT2D eigenvalue weighted by molar-refractivity contribution is 5.66. The second-order valence-corrected chi connectivity index (χ2v) is 3.53. The molecular weight excluding hydrogens is 152 g/mol. The van der Waals surface area contributed by atoms with Crippen molar-refractivity contribution in [2.45, 2.75) is 46.5 Å². The Kier molecular flexibility index (Phi) is 5.77. The lowest BCUT2D eigenvalue weighted by Crippen LogP contribution is -2.14. The van der Waals surface area contributed by atoms with Gasteiger partial charge in [-0.3, -0.25) is 4.79 Å². The minimum atomic E-state index is -0.669. The fourth-order valence-corrected chi connectivity index (χ4v) is 1.70. The van der Waals surface area contributed by atoms with E-state index in [2.05, 4.69) is 13.8 Å². The average molecular weight is 172 g/mol. The predicted molar refractivity (Wildman–Crippen MR) is 50.1 cm³/mol. The third-order valence-corrected chi connectivity index (χ3v) is 2.49. The van der Waals surface area contributed by atoms with Crippen molar-refractivity contribution in [3.8, 4) is 0 Å². The molecule has 0 aliphatic carbocycles. The Morgan fingerprint density at radius 3 is 2.33 bits per heavy atom. The SMILES string of the molecule is CCCC(CC)C(C)CC(=O)O. The minimum Gasteiger partial charge on any atom is -0.481 e. The van der Waals surface area contributed by atoms with E-state index in [1.807, 2.05) is 6.92 Å². The highest BCUT2D eigenvalue weighted by Crippen LogP contribution is 2.23. The fraction of sp³-hybridized carbons (Fsp3) is 0.900. The molecule has 1 N–H and O–H groups in total. The number of hydrogen-bond donors (Lipinski definition) is 1. The van der Waals surface area contributed by atoms with Crippen LogP contribution in [-0.2, 0) is 4.79 Å². The van der Waals surface area contributed by atoms with Crippen molar-refractivity contribution in [2.24, 2.45) is 11.8 Å². The molecule has 0 aromatic heterocycles. The summed E-state index contributed by atoms with van der Waals surface area (Å²) >= 11 is 0. The van der Waals surface area contributed by atoms with Gasteiger partial charge in [-0.15, -0.1) is 0 Å². The fourth-order valence-electron chi connectivity index (χ4n) is 1.70. The Balaban J connectivity index is 3.84. The Morgan fingerprint density at radius 1 is 1.42 bits per heavy atom. The van der Waals surface area contributed by atoms with Crippen LogP contribution in [0.2, 0.25) is 0 Å². The first-order valence-corrected chi connectivity index (χ1v) is 4.83. The molecule has 0 amide bonds. The molecule has 0 rings (SSSR count). The van der Waals surface area contributed by atoms with E-state index in [0.29, 0.717) is 18.3 Å². The number of carboxylic acid groups (broad SMARTS) is 1. The maximum atomic E-state index is 10.4. The maximum Gasteiger partial charge on any atom is 0.303 e. The van der Waals surface area contributed by atoms with Gasteiger partial charge in [0, 0.05) is 6.42 Å². The van der Waals surface area contributed by atoms with E-state index in [0.717, 1.165) is 19.3 Å². The molecule has 0 fully saturated rings. The monoisotopic (exact) mass is 172 g/mol. The standard InChI is InChI=1S/C10H20O2/c1-4-6-9(5-2)8(3)7-10(11)12/h8-9H,4-7H2,1-3H3,(H,11,12). The molecule has 0 aliphatic heterocycles. The van der Waals surface area contributed by atoms with Crippen LogP contribution in [0.15, 0.2) is 0 Å². The third kappa shape index (κ3) is 4.37. The number of carboxylic acids is 1. The van der Waals surface area contributed by atoms with Crippen LogP contribution < -0.4 is 0 Å². The average Bonchev–Trinajstić information content (AvgIpc) is 1.98. The summed E-state index contributed by atoms with van der Waals surface area (Å²) in [6, 6.07) is 0. The Morgan fingerprint density at radius 2 is 2.00 bits per heavy atom. The zero-order valence-corrected chi connectivity index (χ0v) is 8.34. The lowest BCUT2D eigenvalue weighted by Gasteiger charge is -2.20. The van der Waals surface area contributed by atoms with E-state index in [1.54, 1.807) is 0 Å². The first-order chi connectivity index (χ1) is 5.61. The molecule has 0 bridgehead atoms. The molecule has 0 heterocycles. The number of rotatable bonds is 6. The van der Waals surface area contributed by atoms with Crippen LogP contribution in [0.3, 0.4) is 0 Å². The smallest absolute Gasteiger partial charge is 0.303 e. The highest BCUT2D eigenvalue weighted by Gasteiger charge is 2.16. The lowest BCUT2D eigenvalue weighted by atomic mass is 9.86. The molecule has 72 valence electrons. The van der Waals surface area contributed by atoms with Gasteiger partial charge in [-0.05, 0) is 11.8 Å². The van der Waals surface area contributed by atoms with Gasteiger partial charge in [-0.1, -0.05) is 40.0 Å². The van der Waals surface area contributed by atoms with Crippen LogP contribution in [0.5, 0.6) is 0 Å². The Bertz CT molecular complexity index is 132. The molecule has 2 heteroatoms. The van der Waals surface area contributed by atoms with E-state index >= 15 is 0 Å². The molecule has 0 aliphatic rings. The van der Waals surface area contributed by atoms with Crippen molar-refractivity contribution in [3.63, 3.8) is 0 Å². The van der Waals surface area contributed by atoms with Gasteiger partial charge < -0.3 is 5.11 Å². The van der Waals surface area contributed by atoms with E-state index in [-0.39, 0.29) is 0 Å². The van der Waals surface area contributed by atoms with Gasteiger partial charge in [-0.2, -0.15) is 0 Å². The zero-order chi connectivity index (χ0) is 9.56. The van der Waals surface area contributed by atoms with E-state index < -0.39 is 5.97 Å². The van der Waals surface area contributed by atoms with Crippen molar-refractivity contribution < 1.29 is 9.90 Å². The lowest BCUT2D eigenvalue weighted by molar-refractivity contribution is -0.138. The summed E-state index contributed by atoms with van der Waals surface area (Å²) in [5.74, 6) is 0.246. The van der Waals surface area contributed by atoms with Gasteiger partial charge in [-0.25, -0.2) is 0 Å². The molecule has 12 heavy (non-hydrogen) atoms. The highest BCUT2D eigenvalue weighted by atomic mass is 16.4. The summed E-state index contributed by atoms with van der Waals surface area (Å²) in [5.41, 5.74) is 0. The zero-order valence-electron chi connectivity index (χ0n) is 8.34. The molecule has 0 saturated carbocycles. The molecule has 0 aromatic carbocycles. The number of hydrogen-bond acceptors (Lipinski definition) is 1. The van der Waals surface area contributed by atoms with Crippen LogP contribution in [0, 0.1) is 11.8 Å². The molecule has 2 nitrogen and oxygen atoms in total. The van der Waals surface area contributed by atoms with Crippen LogP contribution in [0.4, 0.5) is 0 Å². The van der Waals surface area contributed by atoms with Crippen LogP contribution in [0.1, 0.15) is 46.5 Å². The molecule has 2 unspecified atom stereocenters. The number of aliphatic carboxylic acids is 1. The molecule has 0 spiro atoms. The largest absolute Gasteiger partial charge is 0.481 e. The molecule has 0 aromatic rings. The van der Waals surface area contributed by atoms with E-state index in [1.165, 1.54) is 0 Å². The second kappa shape index (κ2) is 6.04. The van der Waals surface area contributed by atoms with Crippen molar-refractivity contribution in [2.75, 3.05) is 0 Å². The van der Waals surface area contributed by atoms with E-state index in [4.69, 9.17) is 5.11 Å². The van der Waals surface area contributed by atoms with Gasteiger partial charge in [0.25, 0.3) is 0 Å².